The van der Waals surface area contributed by atoms with Gasteiger partial charge in [-0.25, -0.2) is 0 Å². The van der Waals surface area contributed by atoms with Gasteiger partial charge in [-0.2, -0.15) is 0 Å². The summed E-state index contributed by atoms with van der Waals surface area (Å²) >= 11 is 0. The number of hydrogen-bond acceptors (Lipinski definition) is 5. The zero-order valence-electron chi connectivity index (χ0n) is 20.0. The van der Waals surface area contributed by atoms with E-state index < -0.39 is 0 Å². The Bertz CT molecular complexity index is 999. The van der Waals surface area contributed by atoms with Crippen molar-refractivity contribution in [2.45, 2.75) is 39.0 Å². The monoisotopic (exact) mass is 486 g/mol. The Morgan fingerprint density at radius 2 is 1.94 bits per heavy atom. The van der Waals surface area contributed by atoms with Crippen LogP contribution in [0, 0.1) is 12.8 Å². The summed E-state index contributed by atoms with van der Waals surface area (Å²) in [6.07, 6.45) is 5.55. The molecule has 1 atom stereocenters. The van der Waals surface area contributed by atoms with Crippen molar-refractivity contribution in [2.75, 3.05) is 46.1 Å². The fourth-order valence-electron chi connectivity index (χ4n) is 5.25. The maximum absolute atomic E-state index is 13.2. The molecule has 0 bridgehead atoms. The molecule has 3 aliphatic heterocycles. The second-order valence-electron chi connectivity index (χ2n) is 9.54. The van der Waals surface area contributed by atoms with Gasteiger partial charge >= 0.3 is 0 Å². The molecule has 5 rings (SSSR count). The van der Waals surface area contributed by atoms with Gasteiger partial charge < -0.3 is 24.0 Å². The number of carbonyl (C=O) groups excluding carboxylic acids is 1. The summed E-state index contributed by atoms with van der Waals surface area (Å²) in [5.41, 5.74) is 3.09. The summed E-state index contributed by atoms with van der Waals surface area (Å²) < 4.78 is 16.9. The standard InChI is InChI=1S/C27H34N2O4.ClH/c1-20-6-4-8-23(14-20)31-13-5-11-28-10-3-2-7-21(17-28)18-29-12-9-22-15-25-26(33-19-32-25)16-24(22)27(29)30;/h4,6,8,14-16,21H,2-3,5,7,9-13,17-19H2,1H3;1H. The van der Waals surface area contributed by atoms with E-state index in [1.807, 2.05) is 24.3 Å². The lowest BCUT2D eigenvalue weighted by molar-refractivity contribution is 0.0694. The second kappa shape index (κ2) is 11.3. The van der Waals surface area contributed by atoms with Crippen LogP contribution in [0.5, 0.6) is 17.2 Å². The van der Waals surface area contributed by atoms with Gasteiger partial charge in [0, 0.05) is 31.7 Å². The van der Waals surface area contributed by atoms with Crippen molar-refractivity contribution in [3.8, 4) is 17.2 Å². The number of nitrogens with zero attached hydrogens (tertiary/aromatic N) is 2. The average molecular weight is 487 g/mol. The SMILES string of the molecule is Cc1cccc(OCCCN2CCCCC(CN3CCc4cc5c(cc4C3=O)OCO5)C2)c1.Cl. The Hall–Kier alpha value is -2.44. The predicted molar refractivity (Wildman–Crippen MR) is 134 cm³/mol. The smallest absolute Gasteiger partial charge is 0.254 e. The minimum Gasteiger partial charge on any atom is -0.494 e. The molecule has 184 valence electrons. The lowest BCUT2D eigenvalue weighted by atomic mass is 9.96. The summed E-state index contributed by atoms with van der Waals surface area (Å²) in [7, 11) is 0. The Labute approximate surface area is 208 Å². The molecule has 0 spiro atoms. The van der Waals surface area contributed by atoms with E-state index in [1.54, 1.807) is 0 Å². The van der Waals surface area contributed by atoms with Gasteiger partial charge in [0.2, 0.25) is 6.79 Å². The Morgan fingerprint density at radius 1 is 1.09 bits per heavy atom. The lowest BCUT2D eigenvalue weighted by Crippen LogP contribution is -2.43. The maximum atomic E-state index is 13.2. The van der Waals surface area contributed by atoms with E-state index in [-0.39, 0.29) is 25.1 Å². The van der Waals surface area contributed by atoms with Crippen molar-refractivity contribution in [1.29, 1.82) is 0 Å². The lowest BCUT2D eigenvalue weighted by Gasteiger charge is -2.33. The topological polar surface area (TPSA) is 51.2 Å². The third-order valence-electron chi connectivity index (χ3n) is 6.98. The number of rotatable bonds is 7. The van der Waals surface area contributed by atoms with Crippen LogP contribution in [0.1, 0.15) is 47.2 Å². The molecule has 34 heavy (non-hydrogen) atoms. The van der Waals surface area contributed by atoms with Crippen LogP contribution in [0.25, 0.3) is 0 Å². The first-order valence-corrected chi connectivity index (χ1v) is 12.3. The van der Waals surface area contributed by atoms with Crippen molar-refractivity contribution in [2.24, 2.45) is 5.92 Å². The highest BCUT2D eigenvalue weighted by Crippen LogP contribution is 2.37. The van der Waals surface area contributed by atoms with Crippen molar-refractivity contribution >= 4 is 18.3 Å². The number of halogens is 1. The Morgan fingerprint density at radius 3 is 2.79 bits per heavy atom. The number of aryl methyl sites for hydroxylation is 1. The van der Waals surface area contributed by atoms with Gasteiger partial charge in [0.15, 0.2) is 11.5 Å². The van der Waals surface area contributed by atoms with Crippen LogP contribution in [-0.4, -0.2) is 61.8 Å². The van der Waals surface area contributed by atoms with E-state index >= 15 is 0 Å². The number of fused-ring (bicyclic) bond motifs is 2. The molecule has 1 fully saturated rings. The molecule has 7 heteroatoms. The van der Waals surface area contributed by atoms with Gasteiger partial charge in [-0.05, 0) is 80.5 Å². The third kappa shape index (κ3) is 5.78. The molecule has 0 aliphatic carbocycles. The van der Waals surface area contributed by atoms with E-state index in [0.717, 1.165) is 74.8 Å². The van der Waals surface area contributed by atoms with Crippen molar-refractivity contribution in [3.63, 3.8) is 0 Å². The second-order valence-corrected chi connectivity index (χ2v) is 9.54. The van der Waals surface area contributed by atoms with Gasteiger partial charge in [0.05, 0.1) is 6.61 Å². The highest BCUT2D eigenvalue weighted by atomic mass is 35.5. The van der Waals surface area contributed by atoms with Gasteiger partial charge in [0.1, 0.15) is 5.75 Å². The zero-order chi connectivity index (χ0) is 22.6. The zero-order valence-corrected chi connectivity index (χ0v) is 20.8. The molecule has 2 aromatic carbocycles. The molecule has 0 saturated carbocycles. The number of amides is 1. The molecular weight excluding hydrogens is 452 g/mol. The fraction of sp³-hybridized carbons (Fsp3) is 0.519. The minimum atomic E-state index is 0. The van der Waals surface area contributed by atoms with Crippen LogP contribution in [0.15, 0.2) is 36.4 Å². The average Bonchev–Trinajstić information content (AvgIpc) is 3.15. The van der Waals surface area contributed by atoms with Crippen LogP contribution in [0.4, 0.5) is 0 Å². The highest BCUT2D eigenvalue weighted by molar-refractivity contribution is 5.97. The van der Waals surface area contributed by atoms with E-state index in [1.165, 1.54) is 24.8 Å². The van der Waals surface area contributed by atoms with Crippen molar-refractivity contribution in [3.05, 3.63) is 53.1 Å². The molecule has 2 aromatic rings. The van der Waals surface area contributed by atoms with Crippen LogP contribution >= 0.6 is 12.4 Å². The fourth-order valence-corrected chi connectivity index (χ4v) is 5.25. The molecule has 1 saturated heterocycles. The number of likely N-dealkylation sites (tertiary alicyclic amines) is 1. The quantitative estimate of drug-likeness (QED) is 0.530. The van der Waals surface area contributed by atoms with Gasteiger partial charge in [0.25, 0.3) is 5.91 Å². The number of carbonyl (C=O) groups is 1. The molecule has 0 N–H and O–H groups in total. The summed E-state index contributed by atoms with van der Waals surface area (Å²) in [5.74, 6) is 3.06. The van der Waals surface area contributed by atoms with Crippen LogP contribution in [0.3, 0.4) is 0 Å². The number of hydrogen-bond donors (Lipinski definition) is 0. The Balaban J connectivity index is 0.00000274. The molecule has 1 amide bonds. The molecule has 1 unspecified atom stereocenters. The highest BCUT2D eigenvalue weighted by Gasteiger charge is 2.30. The van der Waals surface area contributed by atoms with Crippen LogP contribution in [-0.2, 0) is 6.42 Å². The van der Waals surface area contributed by atoms with Crippen LogP contribution in [0.2, 0.25) is 0 Å². The minimum absolute atomic E-state index is 0. The summed E-state index contributed by atoms with van der Waals surface area (Å²) in [4.78, 5) is 17.8. The summed E-state index contributed by atoms with van der Waals surface area (Å²) in [6.45, 7) is 7.93. The van der Waals surface area contributed by atoms with Gasteiger partial charge in [-0.3, -0.25) is 4.79 Å². The van der Waals surface area contributed by atoms with E-state index in [4.69, 9.17) is 14.2 Å². The van der Waals surface area contributed by atoms with Gasteiger partial charge in [-0.15, -0.1) is 12.4 Å². The van der Waals surface area contributed by atoms with Gasteiger partial charge in [-0.1, -0.05) is 18.6 Å². The first-order chi connectivity index (χ1) is 16.2. The predicted octanol–water partition coefficient (Wildman–Crippen LogP) is 4.72. The molecule has 0 aromatic heterocycles. The van der Waals surface area contributed by atoms with Crippen molar-refractivity contribution in [1.82, 2.24) is 9.80 Å². The van der Waals surface area contributed by atoms with Crippen molar-refractivity contribution < 1.29 is 19.0 Å². The van der Waals surface area contributed by atoms with Crippen LogP contribution < -0.4 is 14.2 Å². The molecular formula is C27H35ClN2O4. The summed E-state index contributed by atoms with van der Waals surface area (Å²) in [6, 6.07) is 12.1. The largest absolute Gasteiger partial charge is 0.494 e. The number of benzene rings is 2. The molecule has 3 aliphatic rings. The third-order valence-corrected chi connectivity index (χ3v) is 6.98. The van der Waals surface area contributed by atoms with E-state index in [9.17, 15) is 4.79 Å². The molecule has 6 nitrogen and oxygen atoms in total. The van der Waals surface area contributed by atoms with E-state index in [0.29, 0.717) is 11.7 Å². The summed E-state index contributed by atoms with van der Waals surface area (Å²) in [5, 5.41) is 0. The number of ether oxygens (including phenoxy) is 3. The van der Waals surface area contributed by atoms with E-state index in [2.05, 4.69) is 28.9 Å². The molecule has 3 heterocycles. The molecule has 0 radical (unpaired) electrons. The maximum Gasteiger partial charge on any atom is 0.254 e. The Kier molecular flexibility index (Phi) is 8.22. The first-order valence-electron chi connectivity index (χ1n) is 12.3. The first kappa shape index (κ1) is 24.7. The normalized spacial score (nSPS) is 19.9.